The van der Waals surface area contributed by atoms with Gasteiger partial charge < -0.3 is 10.3 Å². The Bertz CT molecular complexity index is 1230. The molecule has 0 saturated heterocycles. The topological polar surface area (TPSA) is 116 Å². The van der Waals surface area contributed by atoms with Crippen LogP contribution in [0.15, 0.2) is 41.2 Å². The molecule has 2 heterocycles. The van der Waals surface area contributed by atoms with Crippen LogP contribution in [0.2, 0.25) is 5.02 Å². The Morgan fingerprint density at radius 3 is 2.78 bits per heavy atom. The van der Waals surface area contributed by atoms with E-state index in [9.17, 15) is 9.59 Å². The minimum atomic E-state index is -0.360. The van der Waals surface area contributed by atoms with Crippen molar-refractivity contribution >= 4 is 45.4 Å². The van der Waals surface area contributed by atoms with Crippen molar-refractivity contribution in [2.24, 2.45) is 0 Å². The molecular formula is C18H15ClN6O2. The summed E-state index contributed by atoms with van der Waals surface area (Å²) in [7, 11) is 0. The maximum Gasteiger partial charge on any atom is 0.321 e. The number of hydrogen-bond acceptors (Lipinski definition) is 4. The van der Waals surface area contributed by atoms with Gasteiger partial charge in [-0.1, -0.05) is 29.8 Å². The number of imidazole rings is 1. The van der Waals surface area contributed by atoms with Crippen LogP contribution in [0.4, 0.5) is 10.7 Å². The molecule has 0 fully saturated rings. The number of nitrogens with zero attached hydrogens (tertiary/aromatic N) is 2. The van der Waals surface area contributed by atoms with E-state index in [-0.39, 0.29) is 17.5 Å². The largest absolute Gasteiger partial charge is 0.338 e. The number of aromatic amines is 2. The molecule has 2 aromatic carbocycles. The first kappa shape index (κ1) is 17.0. The van der Waals surface area contributed by atoms with E-state index in [1.807, 2.05) is 25.1 Å². The zero-order valence-electron chi connectivity index (χ0n) is 14.3. The van der Waals surface area contributed by atoms with Crippen molar-refractivity contribution in [1.29, 1.82) is 0 Å². The van der Waals surface area contributed by atoms with Gasteiger partial charge in [-0.25, -0.2) is 14.9 Å². The summed E-state index contributed by atoms with van der Waals surface area (Å²) in [4.78, 5) is 31.0. The molecule has 2 amide bonds. The molecule has 136 valence electrons. The molecule has 9 heteroatoms. The molecule has 4 rings (SSSR count). The quantitative estimate of drug-likeness (QED) is 0.435. The van der Waals surface area contributed by atoms with Gasteiger partial charge in [0.1, 0.15) is 5.52 Å². The second-order valence-corrected chi connectivity index (χ2v) is 6.28. The number of benzene rings is 2. The molecule has 0 aliphatic rings. The fraction of sp³-hybridized carbons (Fsp3) is 0.111. The van der Waals surface area contributed by atoms with Crippen molar-refractivity contribution in [3.63, 3.8) is 0 Å². The molecule has 4 N–H and O–H groups in total. The summed E-state index contributed by atoms with van der Waals surface area (Å²) in [5, 5.41) is 13.6. The van der Waals surface area contributed by atoms with E-state index in [0.29, 0.717) is 39.2 Å². The molecule has 0 atom stereocenters. The summed E-state index contributed by atoms with van der Waals surface area (Å²) in [6.07, 6.45) is 0. The van der Waals surface area contributed by atoms with Gasteiger partial charge in [0.2, 0.25) is 5.95 Å². The number of aromatic nitrogens is 4. The van der Waals surface area contributed by atoms with Crippen molar-refractivity contribution in [1.82, 2.24) is 25.5 Å². The predicted octanol–water partition coefficient (Wildman–Crippen LogP) is 3.26. The van der Waals surface area contributed by atoms with Gasteiger partial charge in [-0.15, -0.1) is 0 Å². The number of carbonyl (C=O) groups is 1. The highest BCUT2D eigenvalue weighted by atomic mass is 35.5. The van der Waals surface area contributed by atoms with Crippen LogP contribution in [-0.4, -0.2) is 32.7 Å². The molecule has 0 aliphatic heterocycles. The van der Waals surface area contributed by atoms with E-state index in [2.05, 4.69) is 30.8 Å². The van der Waals surface area contributed by atoms with E-state index in [4.69, 9.17) is 11.6 Å². The van der Waals surface area contributed by atoms with Crippen LogP contribution in [0.25, 0.3) is 33.1 Å². The number of amides is 2. The first-order valence-corrected chi connectivity index (χ1v) is 8.66. The first-order valence-electron chi connectivity index (χ1n) is 8.28. The first-order chi connectivity index (χ1) is 13.1. The highest BCUT2D eigenvalue weighted by Gasteiger charge is 2.14. The lowest BCUT2D eigenvalue weighted by Crippen LogP contribution is -2.28. The van der Waals surface area contributed by atoms with Gasteiger partial charge in [-0.2, -0.15) is 5.10 Å². The summed E-state index contributed by atoms with van der Waals surface area (Å²) >= 11 is 6.40. The Labute approximate surface area is 158 Å². The van der Waals surface area contributed by atoms with Crippen molar-refractivity contribution in [3.05, 3.63) is 51.8 Å². The molecule has 2 aromatic heterocycles. The number of nitrogens with one attached hydrogen (secondary N) is 4. The summed E-state index contributed by atoms with van der Waals surface area (Å²) in [5.41, 5.74) is 2.23. The molecule has 27 heavy (non-hydrogen) atoms. The minimum absolute atomic E-state index is 0.253. The van der Waals surface area contributed by atoms with Crippen molar-refractivity contribution in [3.8, 4) is 11.3 Å². The van der Waals surface area contributed by atoms with Crippen LogP contribution in [0.5, 0.6) is 0 Å². The molecule has 8 nitrogen and oxygen atoms in total. The maximum absolute atomic E-state index is 12.0. The van der Waals surface area contributed by atoms with Crippen LogP contribution >= 0.6 is 11.6 Å². The van der Waals surface area contributed by atoms with Gasteiger partial charge >= 0.3 is 6.03 Å². The predicted molar refractivity (Wildman–Crippen MR) is 105 cm³/mol. The normalized spacial score (nSPS) is 11.0. The van der Waals surface area contributed by atoms with E-state index in [1.165, 1.54) is 0 Å². The van der Waals surface area contributed by atoms with Crippen LogP contribution < -0.4 is 16.2 Å². The molecule has 0 saturated carbocycles. The maximum atomic E-state index is 12.0. The average Bonchev–Trinajstić information content (AvgIpc) is 3.05. The minimum Gasteiger partial charge on any atom is -0.338 e. The zero-order chi connectivity index (χ0) is 19.0. The molecular weight excluding hydrogens is 368 g/mol. The Morgan fingerprint density at radius 1 is 1.22 bits per heavy atom. The number of fused-ring (bicyclic) bond motifs is 2. The monoisotopic (exact) mass is 382 g/mol. The Hall–Kier alpha value is -3.39. The van der Waals surface area contributed by atoms with Gasteiger partial charge in [0.05, 0.1) is 21.6 Å². The van der Waals surface area contributed by atoms with Gasteiger partial charge in [-0.05, 0) is 25.1 Å². The third-order valence-electron chi connectivity index (χ3n) is 4.08. The van der Waals surface area contributed by atoms with Gasteiger partial charge in [0.15, 0.2) is 0 Å². The number of rotatable bonds is 3. The number of hydrogen-bond donors (Lipinski definition) is 4. The van der Waals surface area contributed by atoms with Gasteiger partial charge in [-0.3, -0.25) is 10.1 Å². The molecule has 0 bridgehead atoms. The lowest BCUT2D eigenvalue weighted by molar-refractivity contribution is 0.252. The highest BCUT2D eigenvalue weighted by molar-refractivity contribution is 6.35. The van der Waals surface area contributed by atoms with Crippen LogP contribution in [-0.2, 0) is 0 Å². The standard InChI is InChI=1S/C18H15ClN6O2/c1-2-20-18(27)23-17-21-13-8-9(7-12(19)15(13)22-17)14-10-5-3-4-6-11(10)16(26)25-24-14/h3-8H,2H2,1H3,(H,25,26)(H3,20,21,22,23,27). The van der Waals surface area contributed by atoms with Crippen molar-refractivity contribution in [2.45, 2.75) is 6.92 Å². The van der Waals surface area contributed by atoms with E-state index in [0.717, 1.165) is 5.39 Å². The van der Waals surface area contributed by atoms with Crippen molar-refractivity contribution < 1.29 is 4.79 Å². The second-order valence-electron chi connectivity index (χ2n) is 5.87. The molecule has 0 radical (unpaired) electrons. The Morgan fingerprint density at radius 2 is 2.00 bits per heavy atom. The van der Waals surface area contributed by atoms with Crippen LogP contribution in [0.1, 0.15) is 6.92 Å². The molecule has 4 aromatic rings. The lowest BCUT2D eigenvalue weighted by Gasteiger charge is -2.06. The number of urea groups is 1. The van der Waals surface area contributed by atoms with Crippen LogP contribution in [0, 0.1) is 0 Å². The molecule has 0 unspecified atom stereocenters. The Kier molecular flexibility index (Phi) is 4.25. The van der Waals surface area contributed by atoms with Crippen molar-refractivity contribution in [2.75, 3.05) is 11.9 Å². The lowest BCUT2D eigenvalue weighted by atomic mass is 10.0. The smallest absolute Gasteiger partial charge is 0.321 e. The fourth-order valence-corrected chi connectivity index (χ4v) is 3.18. The summed E-state index contributed by atoms with van der Waals surface area (Å²) < 4.78 is 0. The molecule has 0 aliphatic carbocycles. The number of H-pyrrole nitrogens is 2. The molecule has 0 spiro atoms. The highest BCUT2D eigenvalue weighted by Crippen LogP contribution is 2.32. The number of carbonyl (C=O) groups excluding carboxylic acids is 1. The zero-order valence-corrected chi connectivity index (χ0v) is 15.0. The third-order valence-corrected chi connectivity index (χ3v) is 4.37. The number of halogens is 1. The fourth-order valence-electron chi connectivity index (χ4n) is 2.92. The van der Waals surface area contributed by atoms with E-state index in [1.54, 1.807) is 18.2 Å². The SMILES string of the molecule is CCNC(=O)Nc1nc2c(Cl)cc(-c3n[nH]c(=O)c4ccccc34)cc2[nH]1. The van der Waals surface area contributed by atoms with E-state index < -0.39 is 0 Å². The van der Waals surface area contributed by atoms with E-state index >= 15 is 0 Å². The summed E-state index contributed by atoms with van der Waals surface area (Å²) in [6.45, 7) is 2.32. The Balaban J connectivity index is 1.83. The number of anilines is 1. The van der Waals surface area contributed by atoms with Crippen LogP contribution in [0.3, 0.4) is 0 Å². The average molecular weight is 383 g/mol. The van der Waals surface area contributed by atoms with Gasteiger partial charge in [0.25, 0.3) is 5.56 Å². The van der Waals surface area contributed by atoms with Gasteiger partial charge in [0, 0.05) is 17.5 Å². The summed E-state index contributed by atoms with van der Waals surface area (Å²) in [5.74, 6) is 0.286. The summed E-state index contributed by atoms with van der Waals surface area (Å²) in [6, 6.07) is 10.4. The second kappa shape index (κ2) is 6.73. The third kappa shape index (κ3) is 3.11.